The van der Waals surface area contributed by atoms with Gasteiger partial charge in [0.15, 0.2) is 0 Å². The average molecular weight is 479 g/mol. The second-order valence-corrected chi connectivity index (χ2v) is 10.9. The van der Waals surface area contributed by atoms with Crippen molar-refractivity contribution in [2.75, 3.05) is 31.9 Å². The van der Waals surface area contributed by atoms with Crippen LogP contribution in [0.2, 0.25) is 0 Å². The first kappa shape index (κ1) is 29.1. The molecular weight excluding hydrogens is 437 g/mol. The van der Waals surface area contributed by atoms with Crippen LogP contribution in [0.5, 0.6) is 0 Å². The molecule has 0 aliphatic heterocycles. The molecule has 7 heteroatoms. The molecule has 0 aromatic rings. The van der Waals surface area contributed by atoms with Gasteiger partial charge < -0.3 is 9.80 Å². The highest BCUT2D eigenvalue weighted by Crippen LogP contribution is 2.24. The maximum atomic E-state index is 12.3. The zero-order chi connectivity index (χ0) is 22.1. The van der Waals surface area contributed by atoms with E-state index >= 15 is 0 Å². The molecule has 0 aliphatic rings. The number of ketones is 1. The van der Waals surface area contributed by atoms with E-state index in [-0.39, 0.29) is 11.0 Å². The summed E-state index contributed by atoms with van der Waals surface area (Å²) in [5.74, 6) is 0.885. The summed E-state index contributed by atoms with van der Waals surface area (Å²) >= 11 is 14.6. The minimum atomic E-state index is -0.129. The Labute approximate surface area is 199 Å². The van der Waals surface area contributed by atoms with Gasteiger partial charge in [-0.3, -0.25) is 4.79 Å². The van der Waals surface area contributed by atoms with E-state index in [0.29, 0.717) is 5.75 Å². The minimum absolute atomic E-state index is 0.129. The lowest BCUT2D eigenvalue weighted by Gasteiger charge is -2.28. The number of Topliss-reactive ketones (excluding diaryl/α,β-unsaturated/α-hetero) is 1. The van der Waals surface area contributed by atoms with Gasteiger partial charge in [-0.25, -0.2) is 0 Å². The van der Waals surface area contributed by atoms with Crippen molar-refractivity contribution in [3.63, 3.8) is 0 Å². The topological polar surface area (TPSA) is 23.6 Å². The third kappa shape index (κ3) is 13.9. The SMILES string of the molecule is CCCCN(CCCC)C(=S)SCC(SC(=S)N(CCCC)CCCC)C(C)=O. The normalized spacial score (nSPS) is 11.9. The number of thiocarbonyl (C=S) groups is 2. The van der Waals surface area contributed by atoms with Crippen LogP contribution in [0.4, 0.5) is 0 Å². The van der Waals surface area contributed by atoms with E-state index in [0.717, 1.165) is 73.3 Å². The molecule has 0 aliphatic carbocycles. The number of rotatable bonds is 16. The third-order valence-electron chi connectivity index (χ3n) is 4.70. The largest absolute Gasteiger partial charge is 0.358 e. The minimum Gasteiger partial charge on any atom is -0.358 e. The highest BCUT2D eigenvalue weighted by molar-refractivity contribution is 8.26. The van der Waals surface area contributed by atoms with Gasteiger partial charge in [-0.2, -0.15) is 0 Å². The molecule has 29 heavy (non-hydrogen) atoms. The Morgan fingerprint density at radius 3 is 1.48 bits per heavy atom. The highest BCUT2D eigenvalue weighted by atomic mass is 32.2. The molecule has 0 aromatic heterocycles. The first-order valence-electron chi connectivity index (χ1n) is 11.3. The van der Waals surface area contributed by atoms with Crippen LogP contribution in [0.25, 0.3) is 0 Å². The first-order valence-corrected chi connectivity index (χ1v) is 14.0. The van der Waals surface area contributed by atoms with Crippen molar-refractivity contribution in [3.05, 3.63) is 0 Å². The second-order valence-electron chi connectivity index (χ2n) is 7.45. The van der Waals surface area contributed by atoms with Crippen LogP contribution in [0.15, 0.2) is 0 Å². The van der Waals surface area contributed by atoms with Gasteiger partial charge in [-0.05, 0) is 32.6 Å². The molecule has 3 nitrogen and oxygen atoms in total. The van der Waals surface area contributed by atoms with Crippen LogP contribution in [-0.2, 0) is 4.79 Å². The van der Waals surface area contributed by atoms with Crippen LogP contribution in [0.3, 0.4) is 0 Å². The lowest BCUT2D eigenvalue weighted by molar-refractivity contribution is -0.116. The fourth-order valence-corrected chi connectivity index (χ4v) is 5.68. The van der Waals surface area contributed by atoms with Crippen LogP contribution in [-0.4, -0.2) is 61.4 Å². The molecule has 0 N–H and O–H groups in total. The van der Waals surface area contributed by atoms with Gasteiger partial charge in [0.2, 0.25) is 0 Å². The number of nitrogens with zero attached hydrogens (tertiary/aromatic N) is 2. The van der Waals surface area contributed by atoms with Gasteiger partial charge in [0.1, 0.15) is 14.4 Å². The average Bonchev–Trinajstić information content (AvgIpc) is 2.70. The van der Waals surface area contributed by atoms with Crippen molar-refractivity contribution < 1.29 is 4.79 Å². The number of carbonyl (C=O) groups is 1. The number of carbonyl (C=O) groups excluding carboxylic acids is 1. The molecule has 0 amide bonds. The summed E-state index contributed by atoms with van der Waals surface area (Å²) in [6.45, 7) is 14.5. The summed E-state index contributed by atoms with van der Waals surface area (Å²) in [5.41, 5.74) is 0. The number of thioether (sulfide) groups is 2. The molecule has 0 spiro atoms. The second kappa shape index (κ2) is 18.9. The Bertz CT molecular complexity index is 458. The maximum Gasteiger partial charge on any atom is 0.144 e. The highest BCUT2D eigenvalue weighted by Gasteiger charge is 2.22. The predicted molar refractivity (Wildman–Crippen MR) is 142 cm³/mol. The van der Waals surface area contributed by atoms with E-state index in [1.807, 2.05) is 0 Å². The maximum absolute atomic E-state index is 12.3. The lowest BCUT2D eigenvalue weighted by Crippen LogP contribution is -2.33. The molecule has 0 fully saturated rings. The fraction of sp³-hybridized carbons (Fsp3) is 0.864. The van der Waals surface area contributed by atoms with Crippen molar-refractivity contribution in [1.29, 1.82) is 0 Å². The Morgan fingerprint density at radius 2 is 1.14 bits per heavy atom. The summed E-state index contributed by atoms with van der Waals surface area (Å²) < 4.78 is 1.80. The van der Waals surface area contributed by atoms with Crippen molar-refractivity contribution in [2.45, 2.75) is 91.2 Å². The summed E-state index contributed by atoms with van der Waals surface area (Å²) in [7, 11) is 0. The van der Waals surface area contributed by atoms with Gasteiger partial charge in [0.25, 0.3) is 0 Å². The number of hydrogen-bond donors (Lipinski definition) is 0. The standard InChI is InChI=1S/C22H42N2OS4/c1-6-10-14-23(15-11-7-2)21(26)28-18-20(19(5)25)29-22(27)24(16-12-8-3)17-13-9-4/h20H,6-18H2,1-5H3. The quantitative estimate of drug-likeness (QED) is 0.225. The van der Waals surface area contributed by atoms with Crippen LogP contribution < -0.4 is 0 Å². The van der Waals surface area contributed by atoms with E-state index in [9.17, 15) is 4.79 Å². The molecule has 0 saturated carbocycles. The number of hydrogen-bond acceptors (Lipinski definition) is 5. The van der Waals surface area contributed by atoms with Gasteiger partial charge in [-0.15, -0.1) is 0 Å². The van der Waals surface area contributed by atoms with Gasteiger partial charge >= 0.3 is 0 Å². The van der Waals surface area contributed by atoms with E-state index in [1.54, 1.807) is 30.4 Å². The molecule has 0 radical (unpaired) electrons. The molecule has 0 bridgehead atoms. The monoisotopic (exact) mass is 478 g/mol. The van der Waals surface area contributed by atoms with Crippen molar-refractivity contribution in [1.82, 2.24) is 9.80 Å². The molecule has 1 unspecified atom stereocenters. The molecule has 0 rings (SSSR count). The van der Waals surface area contributed by atoms with Gasteiger partial charge in [-0.1, -0.05) is 101 Å². The predicted octanol–water partition coefficient (Wildman–Crippen LogP) is 6.78. The zero-order valence-electron chi connectivity index (χ0n) is 19.2. The molecule has 0 saturated heterocycles. The number of unbranched alkanes of at least 4 members (excludes halogenated alkanes) is 4. The Balaban J connectivity index is 4.83. The van der Waals surface area contributed by atoms with Crippen LogP contribution >= 0.6 is 48.0 Å². The molecule has 170 valence electrons. The summed E-state index contributed by atoms with van der Waals surface area (Å²) in [5, 5.41) is -0.129. The van der Waals surface area contributed by atoms with Crippen molar-refractivity contribution in [2.24, 2.45) is 0 Å². The van der Waals surface area contributed by atoms with E-state index in [2.05, 4.69) is 37.5 Å². The molecule has 1 atom stereocenters. The van der Waals surface area contributed by atoms with Crippen LogP contribution in [0, 0.1) is 0 Å². The van der Waals surface area contributed by atoms with E-state index < -0.39 is 0 Å². The Morgan fingerprint density at radius 1 is 0.759 bits per heavy atom. The third-order valence-corrected chi connectivity index (χ3v) is 8.32. The van der Waals surface area contributed by atoms with Crippen LogP contribution in [0.1, 0.15) is 86.0 Å². The van der Waals surface area contributed by atoms with Crippen molar-refractivity contribution >= 4 is 62.4 Å². The summed E-state index contributed by atoms with van der Waals surface area (Å²) in [6.07, 6.45) is 9.23. The van der Waals surface area contributed by atoms with Crippen molar-refractivity contribution in [3.8, 4) is 0 Å². The molecular formula is C22H42N2OS4. The van der Waals surface area contributed by atoms with E-state index in [4.69, 9.17) is 24.4 Å². The zero-order valence-corrected chi connectivity index (χ0v) is 22.5. The first-order chi connectivity index (χ1) is 13.9. The van der Waals surface area contributed by atoms with E-state index in [1.165, 1.54) is 12.8 Å². The fourth-order valence-electron chi connectivity index (χ4n) is 2.65. The van der Waals surface area contributed by atoms with Gasteiger partial charge in [0.05, 0.1) is 5.25 Å². The summed E-state index contributed by atoms with van der Waals surface area (Å²) in [4.78, 5) is 16.9. The molecule has 0 aromatic carbocycles. The molecule has 0 heterocycles. The smallest absolute Gasteiger partial charge is 0.144 e. The Kier molecular flexibility index (Phi) is 19.0. The lowest BCUT2D eigenvalue weighted by atomic mass is 10.3. The summed E-state index contributed by atoms with van der Waals surface area (Å²) in [6, 6.07) is 0. The van der Waals surface area contributed by atoms with Gasteiger partial charge in [0, 0.05) is 31.9 Å². The Hall–Kier alpha value is 0.150.